The van der Waals surface area contributed by atoms with E-state index in [-0.39, 0.29) is 30.8 Å². The number of nitrogens with one attached hydrogen (secondary N) is 2. The quantitative estimate of drug-likeness (QED) is 0.730. The first-order valence-electron chi connectivity index (χ1n) is 9.36. The molecule has 0 saturated heterocycles. The van der Waals surface area contributed by atoms with Gasteiger partial charge < -0.3 is 15.4 Å². The number of rotatable bonds is 8. The van der Waals surface area contributed by atoms with Crippen LogP contribution in [0.1, 0.15) is 42.8 Å². The lowest BCUT2D eigenvalue weighted by Gasteiger charge is -2.22. The third-order valence-electron chi connectivity index (χ3n) is 4.46. The van der Waals surface area contributed by atoms with Crippen LogP contribution in [0.2, 0.25) is 0 Å². The fourth-order valence-corrected chi connectivity index (χ4v) is 3.79. The van der Waals surface area contributed by atoms with Crippen LogP contribution >= 0.6 is 11.3 Å². The number of ether oxygens (including phenoxy) is 1. The summed E-state index contributed by atoms with van der Waals surface area (Å²) in [5.41, 5.74) is 0.692. The number of nitrogens with zero attached hydrogens (tertiary/aromatic N) is 1. The number of carbonyl (C=O) groups is 2. The van der Waals surface area contributed by atoms with Crippen molar-refractivity contribution in [3.05, 3.63) is 46.4 Å². The fraction of sp³-hybridized carbons (Fsp3) is 0.450. The summed E-state index contributed by atoms with van der Waals surface area (Å²) in [6.07, 6.45) is 5.81. The highest BCUT2D eigenvalue weighted by molar-refractivity contribution is 7.09. The second kappa shape index (κ2) is 10.1. The van der Waals surface area contributed by atoms with E-state index in [9.17, 15) is 9.59 Å². The largest absolute Gasteiger partial charge is 0.486 e. The molecule has 2 amide bonds. The normalized spacial score (nSPS) is 14.5. The van der Waals surface area contributed by atoms with E-state index >= 15 is 0 Å². The zero-order chi connectivity index (χ0) is 18.9. The van der Waals surface area contributed by atoms with Crippen LogP contribution in [-0.2, 0) is 22.6 Å². The first-order chi connectivity index (χ1) is 13.2. The maximum Gasteiger partial charge on any atom is 0.239 e. The first kappa shape index (κ1) is 19.4. The Morgan fingerprint density at radius 1 is 1.11 bits per heavy atom. The third kappa shape index (κ3) is 6.67. The van der Waals surface area contributed by atoms with Gasteiger partial charge in [-0.2, -0.15) is 0 Å². The Labute approximate surface area is 163 Å². The van der Waals surface area contributed by atoms with Crippen molar-refractivity contribution in [1.82, 2.24) is 15.6 Å². The smallest absolute Gasteiger partial charge is 0.239 e. The number of thiazole rings is 1. The lowest BCUT2D eigenvalue weighted by molar-refractivity contribution is -0.126. The molecule has 0 aliphatic heterocycles. The van der Waals surface area contributed by atoms with Gasteiger partial charge in [0.05, 0.1) is 18.7 Å². The average Bonchev–Trinajstić information content (AvgIpc) is 3.14. The number of hydrogen-bond acceptors (Lipinski definition) is 5. The summed E-state index contributed by atoms with van der Waals surface area (Å²) in [5.74, 6) is 0.469. The monoisotopic (exact) mass is 387 g/mol. The van der Waals surface area contributed by atoms with Crippen LogP contribution in [0.4, 0.5) is 0 Å². The SMILES string of the molecule is O=C(Cc1csc(COc2ccccc2)n1)NCC(=O)NC1CCCCC1. The molecule has 0 atom stereocenters. The minimum atomic E-state index is -0.199. The highest BCUT2D eigenvalue weighted by atomic mass is 32.1. The zero-order valence-corrected chi connectivity index (χ0v) is 16.1. The molecule has 2 N–H and O–H groups in total. The van der Waals surface area contributed by atoms with Crippen molar-refractivity contribution in [3.8, 4) is 5.75 Å². The van der Waals surface area contributed by atoms with E-state index in [2.05, 4.69) is 15.6 Å². The standard InChI is InChI=1S/C20H25N3O3S/c24-18(21-12-19(25)22-15-7-3-1-4-8-15)11-16-14-27-20(23-16)13-26-17-9-5-2-6-10-17/h2,5-6,9-10,14-15H,1,3-4,7-8,11-13H2,(H,21,24)(H,22,25). The summed E-state index contributed by atoms with van der Waals surface area (Å²) in [5, 5.41) is 8.33. The molecule has 27 heavy (non-hydrogen) atoms. The Morgan fingerprint density at radius 2 is 1.89 bits per heavy atom. The lowest BCUT2D eigenvalue weighted by Crippen LogP contribution is -2.43. The van der Waals surface area contributed by atoms with Crippen molar-refractivity contribution in [2.45, 2.75) is 51.2 Å². The molecule has 0 bridgehead atoms. The predicted octanol–water partition coefficient (Wildman–Crippen LogP) is 2.83. The highest BCUT2D eigenvalue weighted by Gasteiger charge is 2.16. The molecule has 1 aliphatic carbocycles. The Morgan fingerprint density at radius 3 is 2.67 bits per heavy atom. The second-order valence-electron chi connectivity index (χ2n) is 6.69. The Hall–Kier alpha value is -2.41. The number of aromatic nitrogens is 1. The minimum Gasteiger partial charge on any atom is -0.486 e. The van der Waals surface area contributed by atoms with E-state index < -0.39 is 0 Å². The molecule has 6 nitrogen and oxygen atoms in total. The Balaban J connectivity index is 1.36. The van der Waals surface area contributed by atoms with Gasteiger partial charge in [0.25, 0.3) is 0 Å². The number of carbonyl (C=O) groups excluding carboxylic acids is 2. The van der Waals surface area contributed by atoms with Crippen molar-refractivity contribution in [2.75, 3.05) is 6.54 Å². The second-order valence-corrected chi connectivity index (χ2v) is 7.63. The van der Waals surface area contributed by atoms with Gasteiger partial charge in [0, 0.05) is 11.4 Å². The van der Waals surface area contributed by atoms with Gasteiger partial charge in [0.15, 0.2) is 0 Å². The summed E-state index contributed by atoms with van der Waals surface area (Å²) in [4.78, 5) is 28.4. The van der Waals surface area contributed by atoms with Crippen molar-refractivity contribution in [2.24, 2.45) is 0 Å². The Bertz CT molecular complexity index is 742. The van der Waals surface area contributed by atoms with Crippen LogP contribution in [0.3, 0.4) is 0 Å². The average molecular weight is 388 g/mol. The summed E-state index contributed by atoms with van der Waals surface area (Å²) in [6, 6.07) is 9.80. The summed E-state index contributed by atoms with van der Waals surface area (Å²) < 4.78 is 5.66. The van der Waals surface area contributed by atoms with E-state index in [1.807, 2.05) is 35.7 Å². The van der Waals surface area contributed by atoms with Gasteiger partial charge in [0.1, 0.15) is 17.4 Å². The zero-order valence-electron chi connectivity index (χ0n) is 15.3. The maximum absolute atomic E-state index is 12.0. The molecule has 1 aromatic carbocycles. The van der Waals surface area contributed by atoms with Crippen LogP contribution in [-0.4, -0.2) is 29.4 Å². The van der Waals surface area contributed by atoms with Gasteiger partial charge >= 0.3 is 0 Å². The topological polar surface area (TPSA) is 80.3 Å². The van der Waals surface area contributed by atoms with E-state index in [1.54, 1.807) is 0 Å². The molecule has 1 fully saturated rings. The van der Waals surface area contributed by atoms with Crippen LogP contribution in [0.25, 0.3) is 0 Å². The molecule has 1 saturated carbocycles. The number of hydrogen-bond donors (Lipinski definition) is 2. The van der Waals surface area contributed by atoms with E-state index in [4.69, 9.17) is 4.74 Å². The van der Waals surface area contributed by atoms with E-state index in [0.29, 0.717) is 12.3 Å². The summed E-state index contributed by atoms with van der Waals surface area (Å²) in [6.45, 7) is 0.392. The van der Waals surface area contributed by atoms with Gasteiger partial charge in [-0.05, 0) is 25.0 Å². The number of benzene rings is 1. The lowest BCUT2D eigenvalue weighted by atomic mass is 9.95. The van der Waals surface area contributed by atoms with Gasteiger partial charge in [-0.25, -0.2) is 4.98 Å². The van der Waals surface area contributed by atoms with Crippen LogP contribution in [0, 0.1) is 0 Å². The van der Waals surface area contributed by atoms with Gasteiger partial charge in [0.2, 0.25) is 11.8 Å². The fourth-order valence-electron chi connectivity index (χ4n) is 3.09. The van der Waals surface area contributed by atoms with Crippen molar-refractivity contribution in [3.63, 3.8) is 0 Å². The van der Waals surface area contributed by atoms with Gasteiger partial charge in [-0.15, -0.1) is 11.3 Å². The van der Waals surface area contributed by atoms with E-state index in [1.165, 1.54) is 17.8 Å². The van der Waals surface area contributed by atoms with E-state index in [0.717, 1.165) is 36.4 Å². The number of amides is 2. The molecule has 0 spiro atoms. The van der Waals surface area contributed by atoms with Gasteiger partial charge in [-0.1, -0.05) is 37.5 Å². The van der Waals surface area contributed by atoms with Crippen LogP contribution < -0.4 is 15.4 Å². The molecule has 0 radical (unpaired) electrons. The highest BCUT2D eigenvalue weighted by Crippen LogP contribution is 2.17. The molecule has 2 aromatic rings. The molecule has 1 heterocycles. The molecule has 3 rings (SSSR count). The maximum atomic E-state index is 12.0. The number of para-hydroxylation sites is 1. The molecule has 144 valence electrons. The van der Waals surface area contributed by atoms with Crippen molar-refractivity contribution >= 4 is 23.2 Å². The molecule has 0 unspecified atom stereocenters. The molecule has 7 heteroatoms. The first-order valence-corrected chi connectivity index (χ1v) is 10.2. The summed E-state index contributed by atoms with van der Waals surface area (Å²) in [7, 11) is 0. The molecule has 1 aliphatic rings. The van der Waals surface area contributed by atoms with Crippen molar-refractivity contribution < 1.29 is 14.3 Å². The third-order valence-corrected chi connectivity index (χ3v) is 5.33. The van der Waals surface area contributed by atoms with Crippen LogP contribution in [0.5, 0.6) is 5.75 Å². The Kier molecular flexibility index (Phi) is 7.21. The molecular formula is C20H25N3O3S. The van der Waals surface area contributed by atoms with Gasteiger partial charge in [-0.3, -0.25) is 9.59 Å². The van der Waals surface area contributed by atoms with Crippen LogP contribution in [0.15, 0.2) is 35.7 Å². The molecular weight excluding hydrogens is 362 g/mol. The summed E-state index contributed by atoms with van der Waals surface area (Å²) >= 11 is 1.46. The predicted molar refractivity (Wildman–Crippen MR) is 105 cm³/mol. The van der Waals surface area contributed by atoms with Crippen molar-refractivity contribution in [1.29, 1.82) is 0 Å². The molecule has 1 aromatic heterocycles. The minimum absolute atomic E-state index is 0.0173.